The average molecular weight is 726 g/mol. The van der Waals surface area contributed by atoms with Crippen molar-refractivity contribution in [2.24, 2.45) is 5.73 Å². The number of allylic oxidation sites excluding steroid dienone is 8. The summed E-state index contributed by atoms with van der Waals surface area (Å²) < 4.78 is 32.6. The van der Waals surface area contributed by atoms with Gasteiger partial charge in [0, 0.05) is 19.4 Å². The highest BCUT2D eigenvalue weighted by atomic mass is 31.2. The van der Waals surface area contributed by atoms with Gasteiger partial charge >= 0.3 is 19.8 Å². The highest BCUT2D eigenvalue weighted by Gasteiger charge is 2.25. The molecule has 10 heteroatoms. The monoisotopic (exact) mass is 725 g/mol. The molecule has 0 aromatic carbocycles. The van der Waals surface area contributed by atoms with Gasteiger partial charge in [0.1, 0.15) is 6.61 Å². The molecule has 0 saturated carbocycles. The van der Waals surface area contributed by atoms with Crippen molar-refractivity contribution in [3.8, 4) is 0 Å². The van der Waals surface area contributed by atoms with Crippen LogP contribution in [0.1, 0.15) is 162 Å². The third-order valence-electron chi connectivity index (χ3n) is 7.95. The van der Waals surface area contributed by atoms with Crippen molar-refractivity contribution in [2.45, 2.75) is 168 Å². The van der Waals surface area contributed by atoms with E-state index in [2.05, 4.69) is 62.5 Å². The second-order valence-corrected chi connectivity index (χ2v) is 14.3. The molecule has 0 aliphatic carbocycles. The van der Waals surface area contributed by atoms with Crippen molar-refractivity contribution in [1.29, 1.82) is 0 Å². The number of nitrogens with two attached hydrogens (primary N) is 1. The fourth-order valence-electron chi connectivity index (χ4n) is 5.04. The van der Waals surface area contributed by atoms with Crippen LogP contribution in [0.3, 0.4) is 0 Å². The van der Waals surface area contributed by atoms with Crippen LogP contribution in [0.15, 0.2) is 48.6 Å². The molecule has 0 amide bonds. The van der Waals surface area contributed by atoms with E-state index in [1.54, 1.807) is 0 Å². The average Bonchev–Trinajstić information content (AvgIpc) is 3.10. The molecule has 0 bridgehead atoms. The zero-order valence-corrected chi connectivity index (χ0v) is 32.5. The summed E-state index contributed by atoms with van der Waals surface area (Å²) in [6.45, 7) is 3.61. The predicted octanol–water partition coefficient (Wildman–Crippen LogP) is 10.8. The summed E-state index contributed by atoms with van der Waals surface area (Å²) in [6, 6.07) is 0. The molecule has 3 N–H and O–H groups in total. The first-order valence-electron chi connectivity index (χ1n) is 19.6. The summed E-state index contributed by atoms with van der Waals surface area (Å²) in [4.78, 5) is 34.7. The minimum absolute atomic E-state index is 0.0470. The highest BCUT2D eigenvalue weighted by molar-refractivity contribution is 7.47. The van der Waals surface area contributed by atoms with E-state index in [9.17, 15) is 19.0 Å². The van der Waals surface area contributed by atoms with Gasteiger partial charge in [0.2, 0.25) is 0 Å². The maximum Gasteiger partial charge on any atom is 0.472 e. The summed E-state index contributed by atoms with van der Waals surface area (Å²) in [7, 11) is -4.38. The Bertz CT molecular complexity index is 965. The van der Waals surface area contributed by atoms with E-state index in [4.69, 9.17) is 24.3 Å². The van der Waals surface area contributed by atoms with Gasteiger partial charge in [-0.3, -0.25) is 18.6 Å². The van der Waals surface area contributed by atoms with Gasteiger partial charge in [0.05, 0.1) is 13.2 Å². The standard InChI is InChI=1S/C40H72NO8P/c1-3-5-7-9-11-13-15-17-18-19-20-21-23-25-27-29-31-33-40(43)49-38(37-48-50(44,45)47-35-34-41)36-46-39(42)32-30-28-26-24-22-16-14-12-10-8-6-4-2/h7,9,13,15,18-19,21,23,38H,3-6,8,10-12,14,16-17,20,22,24-37,41H2,1-2H3,(H,44,45)/b9-7+,15-13+,19-18+,23-21+/t38-/m1/s1. The number of phosphoric acid groups is 1. The van der Waals surface area contributed by atoms with Crippen LogP contribution in [-0.4, -0.2) is 49.3 Å². The van der Waals surface area contributed by atoms with Crippen molar-refractivity contribution >= 4 is 19.8 Å². The number of hydrogen-bond acceptors (Lipinski definition) is 8. The first kappa shape index (κ1) is 48.0. The Labute approximate surface area is 305 Å². The predicted molar refractivity (Wildman–Crippen MR) is 206 cm³/mol. The zero-order chi connectivity index (χ0) is 36.8. The lowest BCUT2D eigenvalue weighted by molar-refractivity contribution is -0.161. The van der Waals surface area contributed by atoms with Gasteiger partial charge in [-0.05, 0) is 51.4 Å². The molecule has 2 atom stereocenters. The number of rotatable bonds is 36. The molecule has 0 aromatic heterocycles. The number of esters is 2. The summed E-state index contributed by atoms with van der Waals surface area (Å²) in [5, 5.41) is 0. The Morgan fingerprint density at radius 3 is 1.62 bits per heavy atom. The molecule has 0 fully saturated rings. The smallest absolute Gasteiger partial charge is 0.462 e. The highest BCUT2D eigenvalue weighted by Crippen LogP contribution is 2.43. The van der Waals surface area contributed by atoms with Gasteiger partial charge in [0.25, 0.3) is 0 Å². The molecule has 0 spiro atoms. The first-order valence-corrected chi connectivity index (χ1v) is 21.1. The van der Waals surface area contributed by atoms with Crippen LogP contribution < -0.4 is 5.73 Å². The lowest BCUT2D eigenvalue weighted by Crippen LogP contribution is -2.29. The Morgan fingerprint density at radius 1 is 0.600 bits per heavy atom. The van der Waals surface area contributed by atoms with Gasteiger partial charge in [-0.25, -0.2) is 4.57 Å². The Morgan fingerprint density at radius 2 is 1.08 bits per heavy atom. The van der Waals surface area contributed by atoms with Gasteiger partial charge in [-0.2, -0.15) is 0 Å². The van der Waals surface area contributed by atoms with E-state index < -0.39 is 32.5 Å². The molecule has 0 saturated heterocycles. The number of phosphoric ester groups is 1. The van der Waals surface area contributed by atoms with E-state index in [0.717, 1.165) is 64.2 Å². The zero-order valence-electron chi connectivity index (χ0n) is 31.6. The number of carbonyl (C=O) groups is 2. The normalized spacial score (nSPS) is 13.9. The largest absolute Gasteiger partial charge is 0.472 e. The van der Waals surface area contributed by atoms with E-state index in [1.165, 1.54) is 64.2 Å². The van der Waals surface area contributed by atoms with E-state index in [0.29, 0.717) is 6.42 Å². The van der Waals surface area contributed by atoms with Crippen LogP contribution in [0.25, 0.3) is 0 Å². The fourth-order valence-corrected chi connectivity index (χ4v) is 5.80. The van der Waals surface area contributed by atoms with Gasteiger partial charge in [-0.15, -0.1) is 0 Å². The molecule has 0 aliphatic rings. The lowest BCUT2D eigenvalue weighted by Gasteiger charge is -2.19. The molecule has 0 radical (unpaired) electrons. The molecular weight excluding hydrogens is 653 g/mol. The molecule has 9 nitrogen and oxygen atoms in total. The third kappa shape index (κ3) is 35.8. The number of unbranched alkanes of at least 4 members (excludes halogenated alkanes) is 15. The second kappa shape index (κ2) is 36.8. The maximum absolute atomic E-state index is 12.5. The number of ether oxygens (including phenoxy) is 2. The molecular formula is C40H72NO8P. The maximum atomic E-state index is 12.5. The second-order valence-electron chi connectivity index (χ2n) is 12.8. The van der Waals surface area contributed by atoms with Crippen LogP contribution in [0.4, 0.5) is 0 Å². The van der Waals surface area contributed by atoms with Gasteiger partial charge in [0.15, 0.2) is 6.10 Å². The minimum Gasteiger partial charge on any atom is -0.462 e. The van der Waals surface area contributed by atoms with Crippen LogP contribution >= 0.6 is 7.82 Å². The number of carbonyl (C=O) groups excluding carboxylic acids is 2. The first-order chi connectivity index (χ1) is 24.3. The molecule has 290 valence electrons. The molecule has 50 heavy (non-hydrogen) atoms. The van der Waals surface area contributed by atoms with Crippen LogP contribution in [0.2, 0.25) is 0 Å². The van der Waals surface area contributed by atoms with Crippen molar-refractivity contribution in [3.05, 3.63) is 48.6 Å². The third-order valence-corrected chi connectivity index (χ3v) is 8.93. The summed E-state index contributed by atoms with van der Waals surface area (Å²) in [6.07, 6.45) is 39.9. The Kier molecular flexibility index (Phi) is 35.3. The van der Waals surface area contributed by atoms with E-state index in [1.807, 2.05) is 0 Å². The SMILES string of the molecule is CCC/C=C/C/C=C/C/C=C/C/C=C/CCCCCC(=O)O[C@H](COC(=O)CCCCCCCCCCCCCC)COP(=O)(O)OCCN. The summed E-state index contributed by atoms with van der Waals surface area (Å²) in [5.74, 6) is -0.867. The molecule has 0 heterocycles. The molecule has 0 rings (SSSR count). The van der Waals surface area contributed by atoms with Crippen LogP contribution in [0, 0.1) is 0 Å². The molecule has 1 unspecified atom stereocenters. The molecule has 0 aliphatic heterocycles. The van der Waals surface area contributed by atoms with E-state index >= 15 is 0 Å². The number of hydrogen-bond donors (Lipinski definition) is 2. The molecule has 0 aromatic rings. The van der Waals surface area contributed by atoms with E-state index in [-0.39, 0.29) is 32.6 Å². The summed E-state index contributed by atoms with van der Waals surface area (Å²) >= 11 is 0. The quantitative estimate of drug-likeness (QED) is 0.0280. The Balaban J connectivity index is 4.28. The van der Waals surface area contributed by atoms with Crippen molar-refractivity contribution in [2.75, 3.05) is 26.4 Å². The summed E-state index contributed by atoms with van der Waals surface area (Å²) in [5.41, 5.74) is 5.33. The van der Waals surface area contributed by atoms with Crippen LogP contribution in [0.5, 0.6) is 0 Å². The van der Waals surface area contributed by atoms with Gasteiger partial charge < -0.3 is 20.1 Å². The topological polar surface area (TPSA) is 134 Å². The van der Waals surface area contributed by atoms with Crippen molar-refractivity contribution < 1.29 is 37.6 Å². The fraction of sp³-hybridized carbons (Fsp3) is 0.750. The lowest BCUT2D eigenvalue weighted by atomic mass is 10.0. The Hall–Kier alpha value is -2.03. The van der Waals surface area contributed by atoms with Crippen LogP contribution in [-0.2, 0) is 32.7 Å². The van der Waals surface area contributed by atoms with Gasteiger partial charge in [-0.1, -0.05) is 146 Å². The minimum atomic E-state index is -4.38. The van der Waals surface area contributed by atoms with Crippen molar-refractivity contribution in [3.63, 3.8) is 0 Å². The van der Waals surface area contributed by atoms with Crippen molar-refractivity contribution in [1.82, 2.24) is 0 Å².